The number of rotatable bonds is 5. The summed E-state index contributed by atoms with van der Waals surface area (Å²) in [5.41, 5.74) is 8.42. The fraction of sp³-hybridized carbons (Fsp3) is 0.697. The molecule has 0 spiro atoms. The summed E-state index contributed by atoms with van der Waals surface area (Å²) in [4.78, 5) is 24.0. The Bertz CT molecular complexity index is 1310. The molecule has 4 aliphatic rings. The summed E-state index contributed by atoms with van der Waals surface area (Å²) in [6, 6.07) is 0.709. The number of benzene rings is 1. The molecular weight excluding hydrogens is 538 g/mol. The Morgan fingerprint density at radius 3 is 2.27 bits per heavy atom. The monoisotopic (exact) mass is 587 g/mol. The number of hydrogen-bond donors (Lipinski definition) is 5. The fourth-order valence-electron chi connectivity index (χ4n) is 9.29. The Labute approximate surface area is 249 Å². The molecule has 6 N–H and O–H groups in total. The first-order valence-electron chi connectivity index (χ1n) is 14.6. The summed E-state index contributed by atoms with van der Waals surface area (Å²) in [6.45, 7) is 13.1. The van der Waals surface area contributed by atoms with Crippen LogP contribution in [0.15, 0.2) is 17.7 Å². The molecule has 3 fully saturated rings. The zero-order valence-corrected chi connectivity index (χ0v) is 25.5. The Morgan fingerprint density at radius 1 is 1.02 bits per heavy atom. The van der Waals surface area contributed by atoms with Gasteiger partial charge in [-0.3, -0.25) is 9.59 Å². The van der Waals surface area contributed by atoms with E-state index in [1.54, 1.807) is 6.07 Å². The SMILES string of the molecule is C.Cc1c(O)c(O)cc2c1C(SC[C@@H](N)C(=O)O)C=C1[C@@]2(C)CC[C@@]2(C)[C@@H]3C[C@](C)(C(=O)O)CC[C@]3(C)CC[C@]12C. The molecule has 0 radical (unpaired) electrons. The maximum absolute atomic E-state index is 12.4. The van der Waals surface area contributed by atoms with Crippen molar-refractivity contribution >= 4 is 23.7 Å². The number of phenols is 2. The highest BCUT2D eigenvalue weighted by molar-refractivity contribution is 7.99. The molecule has 1 aromatic carbocycles. The van der Waals surface area contributed by atoms with Crippen LogP contribution in [0.25, 0.3) is 0 Å². The molecule has 5 rings (SSSR count). The van der Waals surface area contributed by atoms with Crippen LogP contribution in [0.5, 0.6) is 11.5 Å². The lowest BCUT2D eigenvalue weighted by atomic mass is 9.34. The van der Waals surface area contributed by atoms with Gasteiger partial charge in [-0.25, -0.2) is 0 Å². The topological polar surface area (TPSA) is 141 Å². The number of nitrogens with two attached hydrogens (primary N) is 1. The zero-order chi connectivity index (χ0) is 29.6. The molecule has 0 bridgehead atoms. The number of aromatic hydroxyl groups is 2. The largest absolute Gasteiger partial charge is 0.504 e. The van der Waals surface area contributed by atoms with E-state index < -0.39 is 23.4 Å². The number of fused-ring (bicyclic) bond motifs is 7. The lowest BCUT2D eigenvalue weighted by Gasteiger charge is -2.70. The van der Waals surface area contributed by atoms with Crippen LogP contribution in [-0.4, -0.2) is 44.2 Å². The normalized spacial score (nSPS) is 40.0. The van der Waals surface area contributed by atoms with E-state index in [1.165, 1.54) is 17.3 Å². The number of carboxylic acids is 2. The van der Waals surface area contributed by atoms with E-state index in [0.29, 0.717) is 18.4 Å². The average Bonchev–Trinajstić information content (AvgIpc) is 2.89. The van der Waals surface area contributed by atoms with Gasteiger partial charge in [0, 0.05) is 16.4 Å². The second-order valence-electron chi connectivity index (χ2n) is 14.5. The molecule has 1 unspecified atom stereocenters. The molecule has 7 nitrogen and oxygen atoms in total. The Morgan fingerprint density at radius 2 is 1.66 bits per heavy atom. The predicted octanol–water partition coefficient (Wildman–Crippen LogP) is 6.92. The molecular formula is C33H49NO6S. The standard InChI is InChI=1S/C32H45NO6S.CH4/c1-17-24-18(13-20(34)25(17)35)30(4)10-12-32(6)23-15-29(3,27(38)39)8-7-28(23,2)9-11-31(32,5)22(30)14-21(24)40-16-19(33)26(36)37;/h13-14,19,21,23,34-35H,7-12,15-16,33H2,1-6H3,(H,36,37)(H,38,39);1H4/t19-,21?,23-,28-,29-,30+,31-,32+;/m1./s1. The average molecular weight is 588 g/mol. The minimum absolute atomic E-state index is 0. The van der Waals surface area contributed by atoms with Crippen LogP contribution in [-0.2, 0) is 15.0 Å². The van der Waals surface area contributed by atoms with Crippen molar-refractivity contribution in [2.75, 3.05) is 5.75 Å². The minimum atomic E-state index is -1.05. The summed E-state index contributed by atoms with van der Waals surface area (Å²) in [5, 5.41) is 40.9. The highest BCUT2D eigenvalue weighted by atomic mass is 32.2. The van der Waals surface area contributed by atoms with Crippen LogP contribution in [0, 0.1) is 34.5 Å². The number of phenolic OH excluding ortho intramolecular Hbond substituents is 2. The van der Waals surface area contributed by atoms with Gasteiger partial charge in [-0.15, -0.1) is 11.8 Å². The molecule has 0 aliphatic heterocycles. The molecule has 8 atom stereocenters. The van der Waals surface area contributed by atoms with Gasteiger partial charge in [0.25, 0.3) is 0 Å². The van der Waals surface area contributed by atoms with Gasteiger partial charge >= 0.3 is 11.9 Å². The number of hydrogen-bond acceptors (Lipinski definition) is 6. The Balaban J connectivity index is 0.00000387. The minimum Gasteiger partial charge on any atom is -0.504 e. The summed E-state index contributed by atoms with van der Waals surface area (Å²) in [6.07, 6.45) is 8.42. The van der Waals surface area contributed by atoms with E-state index in [-0.39, 0.29) is 57.5 Å². The van der Waals surface area contributed by atoms with Crippen LogP contribution >= 0.6 is 11.8 Å². The highest BCUT2D eigenvalue weighted by Gasteiger charge is 2.67. The van der Waals surface area contributed by atoms with Crippen molar-refractivity contribution in [3.63, 3.8) is 0 Å². The lowest BCUT2D eigenvalue weighted by Crippen LogP contribution is -2.62. The van der Waals surface area contributed by atoms with E-state index in [4.69, 9.17) is 5.73 Å². The summed E-state index contributed by atoms with van der Waals surface area (Å²) in [7, 11) is 0. The first kappa shape index (κ1) is 31.7. The smallest absolute Gasteiger partial charge is 0.321 e. The third kappa shape index (κ3) is 4.33. The van der Waals surface area contributed by atoms with Crippen molar-refractivity contribution in [1.29, 1.82) is 0 Å². The van der Waals surface area contributed by atoms with Gasteiger partial charge in [0.05, 0.1) is 5.41 Å². The quantitative estimate of drug-likeness (QED) is 0.185. The third-order valence-electron chi connectivity index (χ3n) is 12.4. The first-order chi connectivity index (χ1) is 18.4. The van der Waals surface area contributed by atoms with Gasteiger partial charge in [-0.2, -0.15) is 0 Å². The molecule has 41 heavy (non-hydrogen) atoms. The van der Waals surface area contributed by atoms with Crippen LogP contribution < -0.4 is 5.73 Å². The van der Waals surface area contributed by atoms with Gasteiger partial charge in [0.15, 0.2) is 11.5 Å². The summed E-state index contributed by atoms with van der Waals surface area (Å²) < 4.78 is 0. The fourth-order valence-corrected chi connectivity index (χ4v) is 10.6. The van der Waals surface area contributed by atoms with Gasteiger partial charge in [-0.05, 0) is 104 Å². The molecule has 0 saturated heterocycles. The Hall–Kier alpha value is -2.19. The summed E-state index contributed by atoms with van der Waals surface area (Å²) in [5.74, 6) is -1.55. The number of thioether (sulfide) groups is 1. The summed E-state index contributed by atoms with van der Waals surface area (Å²) >= 11 is 1.47. The first-order valence-corrected chi connectivity index (χ1v) is 15.6. The number of allylic oxidation sites excluding steroid dienone is 1. The molecule has 228 valence electrons. The van der Waals surface area contributed by atoms with Crippen LogP contribution in [0.3, 0.4) is 0 Å². The number of carboxylic acid groups (broad SMARTS) is 2. The van der Waals surface area contributed by atoms with Crippen LogP contribution in [0.4, 0.5) is 0 Å². The van der Waals surface area contributed by atoms with Crippen LogP contribution in [0.1, 0.15) is 109 Å². The highest BCUT2D eigenvalue weighted by Crippen LogP contribution is 2.75. The van der Waals surface area contributed by atoms with Gasteiger partial charge < -0.3 is 26.2 Å². The zero-order valence-electron chi connectivity index (χ0n) is 24.6. The van der Waals surface area contributed by atoms with Crippen molar-refractivity contribution in [3.05, 3.63) is 34.4 Å². The van der Waals surface area contributed by atoms with Crippen LogP contribution in [0.2, 0.25) is 0 Å². The van der Waals surface area contributed by atoms with E-state index in [1.807, 2.05) is 13.8 Å². The van der Waals surface area contributed by atoms with Crippen molar-refractivity contribution in [2.45, 2.75) is 111 Å². The molecule has 3 saturated carbocycles. The second kappa shape index (κ2) is 9.94. The maximum Gasteiger partial charge on any atom is 0.321 e. The van der Waals surface area contributed by atoms with Gasteiger partial charge in [0.1, 0.15) is 6.04 Å². The van der Waals surface area contributed by atoms with E-state index in [9.17, 15) is 30.0 Å². The Kier molecular flexibility index (Phi) is 7.69. The predicted molar refractivity (Wildman–Crippen MR) is 163 cm³/mol. The van der Waals surface area contributed by atoms with Crippen molar-refractivity contribution in [1.82, 2.24) is 0 Å². The van der Waals surface area contributed by atoms with Crippen molar-refractivity contribution in [2.24, 2.45) is 33.3 Å². The number of carbonyl (C=O) groups is 2. The van der Waals surface area contributed by atoms with Gasteiger partial charge in [-0.1, -0.05) is 46.8 Å². The molecule has 1 aromatic rings. The molecule has 0 aromatic heterocycles. The molecule has 4 aliphatic carbocycles. The van der Waals surface area contributed by atoms with Crippen molar-refractivity contribution < 1.29 is 30.0 Å². The molecule has 0 amide bonds. The lowest BCUT2D eigenvalue weighted by molar-refractivity contribution is -0.177. The van der Waals surface area contributed by atoms with E-state index in [2.05, 4.69) is 33.8 Å². The van der Waals surface area contributed by atoms with E-state index >= 15 is 0 Å². The molecule has 0 heterocycles. The third-order valence-corrected chi connectivity index (χ3v) is 13.6. The van der Waals surface area contributed by atoms with E-state index in [0.717, 1.165) is 43.2 Å². The van der Waals surface area contributed by atoms with Crippen molar-refractivity contribution in [3.8, 4) is 11.5 Å². The molecule has 8 heteroatoms. The number of aliphatic carboxylic acids is 2. The maximum atomic E-state index is 12.4. The second-order valence-corrected chi connectivity index (χ2v) is 15.6. The van der Waals surface area contributed by atoms with Gasteiger partial charge in [0.2, 0.25) is 0 Å².